The molecule has 1 heterocycles. The highest BCUT2D eigenvalue weighted by molar-refractivity contribution is 14.1. The Bertz CT molecular complexity index is 731. The summed E-state index contributed by atoms with van der Waals surface area (Å²) in [6.45, 7) is 1.38. The molecule has 2 aromatic rings. The molecule has 3 nitrogen and oxygen atoms in total. The van der Waals surface area contributed by atoms with Crippen molar-refractivity contribution in [3.63, 3.8) is 0 Å². The Morgan fingerprint density at radius 1 is 1.27 bits per heavy atom. The third-order valence-electron chi connectivity index (χ3n) is 2.98. The van der Waals surface area contributed by atoms with E-state index >= 15 is 0 Å². The van der Waals surface area contributed by atoms with Gasteiger partial charge in [-0.2, -0.15) is 0 Å². The van der Waals surface area contributed by atoms with Crippen LogP contribution in [0.2, 0.25) is 0 Å². The van der Waals surface area contributed by atoms with Gasteiger partial charge in [0, 0.05) is 11.6 Å². The van der Waals surface area contributed by atoms with Crippen molar-refractivity contribution >= 4 is 22.6 Å². The lowest BCUT2D eigenvalue weighted by atomic mass is 10.1. The van der Waals surface area contributed by atoms with Crippen LogP contribution in [0.15, 0.2) is 35.1 Å². The van der Waals surface area contributed by atoms with Gasteiger partial charge in [0.15, 0.2) is 0 Å². The lowest BCUT2D eigenvalue weighted by Crippen LogP contribution is -2.26. The maximum atomic E-state index is 14.2. The molecule has 7 heteroatoms. The second-order valence-electron chi connectivity index (χ2n) is 4.45. The van der Waals surface area contributed by atoms with Crippen LogP contribution in [0.1, 0.15) is 6.92 Å². The molecule has 0 aliphatic rings. The molecule has 1 aromatic carbocycles. The molecule has 0 fully saturated rings. The summed E-state index contributed by atoms with van der Waals surface area (Å²) in [5.74, 6) is -0.286. The van der Waals surface area contributed by atoms with Crippen molar-refractivity contribution in [2.24, 2.45) is 0 Å². The van der Waals surface area contributed by atoms with E-state index in [1.807, 2.05) is 0 Å². The van der Waals surface area contributed by atoms with Crippen LogP contribution in [0.25, 0.3) is 11.3 Å². The van der Waals surface area contributed by atoms with Gasteiger partial charge in [-0.15, -0.1) is 0 Å². The zero-order valence-electron chi connectivity index (χ0n) is 11.7. The molecule has 0 spiro atoms. The predicted molar refractivity (Wildman–Crippen MR) is 86.0 cm³/mol. The number of nitrogens with zero attached hydrogens (tertiary/aromatic N) is 1. The summed E-state index contributed by atoms with van der Waals surface area (Å²) in [6, 6.07) is 7.08. The van der Waals surface area contributed by atoms with Gasteiger partial charge >= 0.3 is 0 Å². The third kappa shape index (κ3) is 3.63. The Morgan fingerprint density at radius 2 is 2.00 bits per heavy atom. The number of rotatable bonds is 5. The van der Waals surface area contributed by atoms with Crippen LogP contribution < -0.4 is 10.3 Å². The standard InChI is InChI=1S/C15H13F3INO2/c1-2-22-9-3-4-10(11(16)7-9)13-6-5-12(19)15(21)20(13)8-14(17)18/h3-7,14H,2,8H2,1H3. The Hall–Kier alpha value is -1.51. The lowest BCUT2D eigenvalue weighted by Gasteiger charge is -2.14. The van der Waals surface area contributed by atoms with Crippen molar-refractivity contribution < 1.29 is 17.9 Å². The Labute approximate surface area is 138 Å². The molecule has 118 valence electrons. The summed E-state index contributed by atoms with van der Waals surface area (Å²) in [6.07, 6.45) is -2.71. The van der Waals surface area contributed by atoms with Gasteiger partial charge in [-0.25, -0.2) is 13.2 Å². The minimum absolute atomic E-state index is 0.0811. The summed E-state index contributed by atoms with van der Waals surface area (Å²) in [5.41, 5.74) is -0.365. The highest BCUT2D eigenvalue weighted by Gasteiger charge is 2.16. The molecular formula is C15H13F3INO2. The van der Waals surface area contributed by atoms with Crippen LogP contribution in [0.4, 0.5) is 13.2 Å². The minimum atomic E-state index is -2.71. The zero-order valence-corrected chi connectivity index (χ0v) is 13.8. The number of hydrogen-bond donors (Lipinski definition) is 0. The average Bonchev–Trinajstić information content (AvgIpc) is 2.45. The highest BCUT2D eigenvalue weighted by Crippen LogP contribution is 2.26. The number of alkyl halides is 2. The van der Waals surface area contributed by atoms with Gasteiger partial charge in [-0.1, -0.05) is 0 Å². The van der Waals surface area contributed by atoms with E-state index in [0.717, 1.165) is 4.57 Å². The van der Waals surface area contributed by atoms with E-state index in [-0.39, 0.29) is 11.3 Å². The lowest BCUT2D eigenvalue weighted by molar-refractivity contribution is 0.125. The van der Waals surface area contributed by atoms with E-state index in [1.54, 1.807) is 29.5 Å². The van der Waals surface area contributed by atoms with E-state index in [9.17, 15) is 18.0 Å². The zero-order chi connectivity index (χ0) is 16.3. The van der Waals surface area contributed by atoms with Crippen molar-refractivity contribution in [3.8, 4) is 17.0 Å². The van der Waals surface area contributed by atoms with Crippen LogP contribution in [0.3, 0.4) is 0 Å². The van der Waals surface area contributed by atoms with Gasteiger partial charge in [0.1, 0.15) is 11.6 Å². The fourth-order valence-electron chi connectivity index (χ4n) is 2.07. The number of halogens is 4. The topological polar surface area (TPSA) is 31.2 Å². The molecule has 0 atom stereocenters. The first-order chi connectivity index (χ1) is 10.4. The SMILES string of the molecule is CCOc1ccc(-c2ccc(I)c(=O)n2CC(F)F)c(F)c1. The van der Waals surface area contributed by atoms with Gasteiger partial charge in [-0.05, 0) is 53.8 Å². The van der Waals surface area contributed by atoms with Crippen LogP contribution in [0, 0.1) is 9.39 Å². The fraction of sp³-hybridized carbons (Fsp3) is 0.267. The molecule has 1 aromatic heterocycles. The maximum absolute atomic E-state index is 14.2. The first kappa shape index (κ1) is 16.9. The number of benzene rings is 1. The third-order valence-corrected chi connectivity index (χ3v) is 3.80. The van der Waals surface area contributed by atoms with Gasteiger partial charge in [0.05, 0.1) is 22.4 Å². The number of pyridine rings is 1. The van der Waals surface area contributed by atoms with Crippen LogP contribution >= 0.6 is 22.6 Å². The smallest absolute Gasteiger partial charge is 0.264 e. The van der Waals surface area contributed by atoms with Crippen LogP contribution in [-0.4, -0.2) is 17.6 Å². The van der Waals surface area contributed by atoms with Gasteiger partial charge < -0.3 is 9.30 Å². The molecule has 0 bridgehead atoms. The maximum Gasteiger partial charge on any atom is 0.264 e. The molecule has 2 rings (SSSR count). The monoisotopic (exact) mass is 423 g/mol. The molecule has 0 saturated heterocycles. The number of aromatic nitrogens is 1. The first-order valence-electron chi connectivity index (χ1n) is 6.54. The molecule has 0 radical (unpaired) electrons. The average molecular weight is 423 g/mol. The van der Waals surface area contributed by atoms with Crippen molar-refractivity contribution in [2.45, 2.75) is 19.9 Å². The summed E-state index contributed by atoms with van der Waals surface area (Å²) in [4.78, 5) is 12.1. The Kier molecular flexibility index (Phi) is 5.49. The highest BCUT2D eigenvalue weighted by atomic mass is 127. The number of hydrogen-bond acceptors (Lipinski definition) is 2. The summed E-state index contributed by atoms with van der Waals surface area (Å²) in [5, 5.41) is 0. The van der Waals surface area contributed by atoms with Crippen molar-refractivity contribution in [1.29, 1.82) is 0 Å². The quantitative estimate of drug-likeness (QED) is 0.683. The van der Waals surface area contributed by atoms with E-state index < -0.39 is 24.3 Å². The summed E-state index contributed by atoms with van der Waals surface area (Å²) >= 11 is 1.77. The van der Waals surface area contributed by atoms with Gasteiger partial charge in [0.25, 0.3) is 12.0 Å². The second kappa shape index (κ2) is 7.17. The molecule has 0 saturated carbocycles. The van der Waals surface area contributed by atoms with E-state index in [1.165, 1.54) is 30.3 Å². The molecular weight excluding hydrogens is 410 g/mol. The van der Waals surface area contributed by atoms with Gasteiger partial charge in [0.2, 0.25) is 0 Å². The molecule has 0 aliphatic carbocycles. The molecule has 0 unspecified atom stereocenters. The van der Waals surface area contributed by atoms with E-state index in [2.05, 4.69) is 0 Å². The largest absolute Gasteiger partial charge is 0.494 e. The molecule has 0 aliphatic heterocycles. The predicted octanol–water partition coefficient (Wildman–Crippen LogP) is 3.92. The van der Waals surface area contributed by atoms with Crippen LogP contribution in [-0.2, 0) is 6.54 Å². The Morgan fingerprint density at radius 3 is 2.59 bits per heavy atom. The minimum Gasteiger partial charge on any atom is -0.494 e. The summed E-state index contributed by atoms with van der Waals surface area (Å²) < 4.78 is 46.0. The normalized spacial score (nSPS) is 11.0. The van der Waals surface area contributed by atoms with E-state index in [4.69, 9.17) is 4.74 Å². The fourth-order valence-corrected chi connectivity index (χ4v) is 2.54. The van der Waals surface area contributed by atoms with Crippen molar-refractivity contribution in [3.05, 3.63) is 50.1 Å². The van der Waals surface area contributed by atoms with Gasteiger partial charge in [-0.3, -0.25) is 4.79 Å². The summed E-state index contributed by atoms with van der Waals surface area (Å²) in [7, 11) is 0. The van der Waals surface area contributed by atoms with Crippen LogP contribution in [0.5, 0.6) is 5.75 Å². The first-order valence-corrected chi connectivity index (χ1v) is 7.62. The van der Waals surface area contributed by atoms with E-state index in [0.29, 0.717) is 15.9 Å². The molecule has 0 amide bonds. The second-order valence-corrected chi connectivity index (χ2v) is 5.61. The molecule has 0 N–H and O–H groups in total. The molecule has 22 heavy (non-hydrogen) atoms. The number of ether oxygens (including phenoxy) is 1. The Balaban J connectivity index is 2.57. The van der Waals surface area contributed by atoms with Crippen molar-refractivity contribution in [2.75, 3.05) is 6.61 Å². The van der Waals surface area contributed by atoms with Crippen molar-refractivity contribution in [1.82, 2.24) is 4.57 Å².